The zero-order chi connectivity index (χ0) is 12.1. The van der Waals surface area contributed by atoms with Gasteiger partial charge in [0.15, 0.2) is 0 Å². The summed E-state index contributed by atoms with van der Waals surface area (Å²) in [6, 6.07) is 6.04. The van der Waals surface area contributed by atoms with Gasteiger partial charge in [0, 0.05) is 0 Å². The van der Waals surface area contributed by atoms with Crippen molar-refractivity contribution in [3.05, 3.63) is 29.6 Å². The molecule has 0 aliphatic rings. The van der Waals surface area contributed by atoms with Crippen LogP contribution >= 0.6 is 0 Å². The van der Waals surface area contributed by atoms with E-state index in [1.165, 1.54) is 12.1 Å². The van der Waals surface area contributed by atoms with Gasteiger partial charge in [0.1, 0.15) is 17.4 Å². The number of halogens is 1. The van der Waals surface area contributed by atoms with Crippen LogP contribution in [0.15, 0.2) is 18.2 Å². The quantitative estimate of drug-likeness (QED) is 0.820. The molecule has 1 atom stereocenters. The van der Waals surface area contributed by atoms with E-state index in [0.29, 0.717) is 5.69 Å². The number of benzene rings is 1. The molecule has 0 saturated carbocycles. The van der Waals surface area contributed by atoms with Gasteiger partial charge in [-0.3, -0.25) is 0 Å². The van der Waals surface area contributed by atoms with Gasteiger partial charge in [-0.05, 0) is 18.1 Å². The molecule has 16 heavy (non-hydrogen) atoms. The lowest BCUT2D eigenvalue weighted by molar-refractivity contribution is 0.249. The minimum atomic E-state index is -0.548. The topological polar surface area (TPSA) is 56.0 Å². The predicted molar refractivity (Wildman–Crippen MR) is 60.4 cm³/mol. The molecule has 4 heteroatoms. The first-order valence-electron chi connectivity index (χ1n) is 5.16. The molecule has 2 N–H and O–H groups in total. The number of rotatable bonds is 4. The van der Waals surface area contributed by atoms with Crippen LogP contribution in [-0.2, 0) is 0 Å². The second-order valence-corrected chi connectivity index (χ2v) is 3.95. The van der Waals surface area contributed by atoms with E-state index in [2.05, 4.69) is 5.32 Å². The zero-order valence-corrected chi connectivity index (χ0v) is 9.37. The van der Waals surface area contributed by atoms with E-state index in [-0.39, 0.29) is 24.1 Å². The Morgan fingerprint density at radius 3 is 2.69 bits per heavy atom. The summed E-state index contributed by atoms with van der Waals surface area (Å²) in [7, 11) is 0. The second kappa shape index (κ2) is 5.47. The number of nitrogens with one attached hydrogen (secondary N) is 1. The van der Waals surface area contributed by atoms with E-state index >= 15 is 0 Å². The number of aliphatic hydroxyl groups is 1. The second-order valence-electron chi connectivity index (χ2n) is 3.95. The van der Waals surface area contributed by atoms with E-state index < -0.39 is 5.82 Å². The first-order valence-corrected chi connectivity index (χ1v) is 5.16. The monoisotopic (exact) mass is 222 g/mol. The normalized spacial score (nSPS) is 12.2. The molecule has 3 nitrogen and oxygen atoms in total. The Kier molecular flexibility index (Phi) is 4.27. The van der Waals surface area contributed by atoms with Crippen molar-refractivity contribution < 1.29 is 9.50 Å². The lowest BCUT2D eigenvalue weighted by Crippen LogP contribution is -2.29. The predicted octanol–water partition coefficient (Wildman–Crippen LogP) is 2.13. The van der Waals surface area contributed by atoms with Gasteiger partial charge in [0.2, 0.25) is 0 Å². The van der Waals surface area contributed by atoms with Crippen molar-refractivity contribution in [2.45, 2.75) is 19.9 Å². The fourth-order valence-electron chi connectivity index (χ4n) is 1.38. The van der Waals surface area contributed by atoms with Crippen molar-refractivity contribution >= 4 is 5.69 Å². The summed E-state index contributed by atoms with van der Waals surface area (Å²) in [6.07, 6.45) is 0. The standard InChI is InChI=1S/C12H15FN2O/c1-8(2)12(7-16)15-11-5-3-4-10(13)9(11)6-14/h3-5,8,12,15-16H,7H2,1-2H3/t12-/m1/s1. The van der Waals surface area contributed by atoms with Crippen LogP contribution in [0.3, 0.4) is 0 Å². The van der Waals surface area contributed by atoms with E-state index in [4.69, 9.17) is 10.4 Å². The van der Waals surface area contributed by atoms with Crippen molar-refractivity contribution in [3.8, 4) is 6.07 Å². The van der Waals surface area contributed by atoms with Gasteiger partial charge in [-0.2, -0.15) is 5.26 Å². The molecule has 0 fully saturated rings. The van der Waals surface area contributed by atoms with Gasteiger partial charge >= 0.3 is 0 Å². The van der Waals surface area contributed by atoms with Crippen LogP contribution in [0.4, 0.5) is 10.1 Å². The number of hydrogen-bond acceptors (Lipinski definition) is 3. The number of hydrogen-bond donors (Lipinski definition) is 2. The van der Waals surface area contributed by atoms with Crippen LogP contribution in [0.25, 0.3) is 0 Å². The van der Waals surface area contributed by atoms with Crippen molar-refractivity contribution in [1.82, 2.24) is 0 Å². The first-order chi connectivity index (χ1) is 7.60. The van der Waals surface area contributed by atoms with Gasteiger partial charge in [-0.1, -0.05) is 19.9 Å². The summed E-state index contributed by atoms with van der Waals surface area (Å²) in [5, 5.41) is 21.0. The molecule has 0 unspecified atom stereocenters. The van der Waals surface area contributed by atoms with Crippen molar-refractivity contribution in [3.63, 3.8) is 0 Å². The number of nitriles is 1. The van der Waals surface area contributed by atoms with Gasteiger partial charge < -0.3 is 10.4 Å². The summed E-state index contributed by atoms with van der Waals surface area (Å²) in [6.45, 7) is 3.83. The van der Waals surface area contributed by atoms with Gasteiger partial charge in [0.05, 0.1) is 18.3 Å². The van der Waals surface area contributed by atoms with Crippen LogP contribution in [0.5, 0.6) is 0 Å². The van der Waals surface area contributed by atoms with Gasteiger partial charge in [0.25, 0.3) is 0 Å². The summed E-state index contributed by atoms with van der Waals surface area (Å²) in [4.78, 5) is 0. The Morgan fingerprint density at radius 1 is 1.50 bits per heavy atom. The van der Waals surface area contributed by atoms with Crippen molar-refractivity contribution in [2.75, 3.05) is 11.9 Å². The lowest BCUT2D eigenvalue weighted by atomic mass is 10.0. The summed E-state index contributed by atoms with van der Waals surface area (Å²) < 4.78 is 13.3. The average Bonchev–Trinajstić information content (AvgIpc) is 2.25. The molecule has 1 rings (SSSR count). The smallest absolute Gasteiger partial charge is 0.143 e. The summed E-state index contributed by atoms with van der Waals surface area (Å²) >= 11 is 0. The van der Waals surface area contributed by atoms with Crippen LogP contribution in [0, 0.1) is 23.1 Å². The maximum Gasteiger partial charge on any atom is 0.143 e. The third-order valence-corrected chi connectivity index (χ3v) is 2.47. The van der Waals surface area contributed by atoms with Crippen LogP contribution in [-0.4, -0.2) is 17.8 Å². The van der Waals surface area contributed by atoms with E-state index in [0.717, 1.165) is 0 Å². The molecule has 0 heterocycles. The Labute approximate surface area is 94.5 Å². The average molecular weight is 222 g/mol. The number of nitrogens with zero attached hydrogens (tertiary/aromatic N) is 1. The molecule has 1 aromatic rings. The third kappa shape index (κ3) is 2.71. The SMILES string of the molecule is CC(C)[C@@H](CO)Nc1cccc(F)c1C#N. The Balaban J connectivity index is 2.97. The van der Waals surface area contributed by atoms with E-state index in [1.54, 1.807) is 6.07 Å². The third-order valence-electron chi connectivity index (χ3n) is 2.47. The minimum absolute atomic E-state index is 0.0124. The molecule has 0 bridgehead atoms. The number of anilines is 1. The molecule has 0 spiro atoms. The summed E-state index contributed by atoms with van der Waals surface area (Å²) in [5.74, 6) is -0.354. The molecule has 1 aromatic carbocycles. The molecule has 0 saturated heterocycles. The first kappa shape index (κ1) is 12.5. The summed E-state index contributed by atoms with van der Waals surface area (Å²) in [5.41, 5.74) is 0.414. The van der Waals surface area contributed by atoms with Crippen molar-refractivity contribution in [1.29, 1.82) is 5.26 Å². The molecular formula is C12H15FN2O. The Hall–Kier alpha value is -1.60. The maximum atomic E-state index is 13.3. The Morgan fingerprint density at radius 2 is 2.19 bits per heavy atom. The van der Waals surface area contributed by atoms with Gasteiger partial charge in [-0.15, -0.1) is 0 Å². The molecule has 0 aliphatic heterocycles. The highest BCUT2D eigenvalue weighted by atomic mass is 19.1. The van der Waals surface area contributed by atoms with Gasteiger partial charge in [-0.25, -0.2) is 4.39 Å². The molecule has 0 radical (unpaired) electrons. The Bertz CT molecular complexity index is 398. The maximum absolute atomic E-state index is 13.3. The fourth-order valence-corrected chi connectivity index (χ4v) is 1.38. The highest BCUT2D eigenvalue weighted by Crippen LogP contribution is 2.20. The zero-order valence-electron chi connectivity index (χ0n) is 9.37. The molecular weight excluding hydrogens is 207 g/mol. The largest absolute Gasteiger partial charge is 0.394 e. The van der Waals surface area contributed by atoms with E-state index in [9.17, 15) is 4.39 Å². The molecule has 0 amide bonds. The molecule has 0 aromatic heterocycles. The van der Waals surface area contributed by atoms with E-state index in [1.807, 2.05) is 19.9 Å². The minimum Gasteiger partial charge on any atom is -0.394 e. The van der Waals surface area contributed by atoms with Crippen LogP contribution < -0.4 is 5.32 Å². The highest BCUT2D eigenvalue weighted by Gasteiger charge is 2.15. The van der Waals surface area contributed by atoms with Crippen LogP contribution in [0.1, 0.15) is 19.4 Å². The molecule has 86 valence electrons. The molecule has 0 aliphatic carbocycles. The van der Waals surface area contributed by atoms with Crippen LogP contribution in [0.2, 0.25) is 0 Å². The highest BCUT2D eigenvalue weighted by molar-refractivity contribution is 5.58. The number of aliphatic hydroxyl groups excluding tert-OH is 1. The lowest BCUT2D eigenvalue weighted by Gasteiger charge is -2.21. The van der Waals surface area contributed by atoms with Crippen molar-refractivity contribution in [2.24, 2.45) is 5.92 Å². The fraction of sp³-hybridized carbons (Fsp3) is 0.417.